The van der Waals surface area contributed by atoms with Gasteiger partial charge in [0.05, 0.1) is 5.56 Å². The Labute approximate surface area is 142 Å². The van der Waals surface area contributed by atoms with Crippen LogP contribution in [-0.4, -0.2) is 31.1 Å². The van der Waals surface area contributed by atoms with Crippen molar-refractivity contribution in [3.05, 3.63) is 65.2 Å². The van der Waals surface area contributed by atoms with Gasteiger partial charge in [0.25, 0.3) is 0 Å². The fourth-order valence-corrected chi connectivity index (χ4v) is 2.93. The Morgan fingerprint density at radius 1 is 0.880 bits per heavy atom. The number of benzene rings is 2. The van der Waals surface area contributed by atoms with Crippen LogP contribution in [-0.2, 0) is 12.7 Å². The molecule has 134 valence electrons. The third kappa shape index (κ3) is 4.28. The van der Waals surface area contributed by atoms with Crippen LogP contribution in [0.4, 0.5) is 27.6 Å². The van der Waals surface area contributed by atoms with Crippen LogP contribution < -0.4 is 4.90 Å². The molecule has 1 aliphatic heterocycles. The van der Waals surface area contributed by atoms with Crippen molar-refractivity contribution in [2.75, 3.05) is 31.1 Å². The molecule has 0 unspecified atom stereocenters. The summed E-state index contributed by atoms with van der Waals surface area (Å²) in [4.78, 5) is 3.88. The van der Waals surface area contributed by atoms with Gasteiger partial charge < -0.3 is 4.90 Å². The van der Waals surface area contributed by atoms with Crippen LogP contribution in [0.2, 0.25) is 0 Å². The molecule has 0 amide bonds. The number of rotatable bonds is 3. The van der Waals surface area contributed by atoms with Crippen molar-refractivity contribution < 1.29 is 22.0 Å². The normalized spacial score (nSPS) is 16.3. The lowest BCUT2D eigenvalue weighted by Gasteiger charge is -2.36. The molecule has 1 fully saturated rings. The van der Waals surface area contributed by atoms with E-state index in [4.69, 9.17) is 0 Å². The highest BCUT2D eigenvalue weighted by Crippen LogP contribution is 2.32. The van der Waals surface area contributed by atoms with Gasteiger partial charge in [0.15, 0.2) is 0 Å². The Balaban J connectivity index is 1.62. The minimum absolute atomic E-state index is 0.350. The van der Waals surface area contributed by atoms with E-state index in [-0.39, 0.29) is 0 Å². The SMILES string of the molecule is Fc1ccc(CN2CCN(c3cccc(C(F)(F)F)c3)CC2)c(F)c1. The number of halogens is 5. The smallest absolute Gasteiger partial charge is 0.369 e. The zero-order valence-electron chi connectivity index (χ0n) is 13.4. The summed E-state index contributed by atoms with van der Waals surface area (Å²) in [7, 11) is 0. The molecule has 0 spiro atoms. The molecule has 25 heavy (non-hydrogen) atoms. The largest absolute Gasteiger partial charge is 0.416 e. The van der Waals surface area contributed by atoms with Crippen molar-refractivity contribution in [3.8, 4) is 0 Å². The van der Waals surface area contributed by atoms with E-state index in [1.165, 1.54) is 18.2 Å². The average molecular weight is 356 g/mol. The van der Waals surface area contributed by atoms with Gasteiger partial charge in [-0.2, -0.15) is 13.2 Å². The predicted molar refractivity (Wildman–Crippen MR) is 85.3 cm³/mol. The number of anilines is 1. The lowest BCUT2D eigenvalue weighted by atomic mass is 10.1. The van der Waals surface area contributed by atoms with Crippen molar-refractivity contribution in [2.45, 2.75) is 12.7 Å². The van der Waals surface area contributed by atoms with Gasteiger partial charge in [-0.15, -0.1) is 0 Å². The highest BCUT2D eigenvalue weighted by molar-refractivity contribution is 5.49. The maximum absolute atomic E-state index is 13.7. The standard InChI is InChI=1S/C18H17F5N2/c19-15-5-4-13(17(20)11-15)12-24-6-8-25(9-7-24)16-3-1-2-14(10-16)18(21,22)23/h1-5,10-11H,6-9,12H2. The summed E-state index contributed by atoms with van der Waals surface area (Å²) in [5, 5.41) is 0. The van der Waals surface area contributed by atoms with Crippen LogP contribution in [0.1, 0.15) is 11.1 Å². The summed E-state index contributed by atoms with van der Waals surface area (Å²) >= 11 is 0. The first-order valence-corrected chi connectivity index (χ1v) is 7.91. The van der Waals surface area contributed by atoms with E-state index in [1.807, 2.05) is 9.80 Å². The predicted octanol–water partition coefficient (Wildman–Crippen LogP) is 4.31. The average Bonchev–Trinajstić information content (AvgIpc) is 2.57. The second-order valence-electron chi connectivity index (χ2n) is 6.05. The molecular weight excluding hydrogens is 339 g/mol. The fourth-order valence-electron chi connectivity index (χ4n) is 2.93. The van der Waals surface area contributed by atoms with E-state index < -0.39 is 23.4 Å². The molecule has 0 atom stereocenters. The van der Waals surface area contributed by atoms with Crippen molar-refractivity contribution in [1.82, 2.24) is 4.90 Å². The molecule has 2 nitrogen and oxygen atoms in total. The van der Waals surface area contributed by atoms with E-state index >= 15 is 0 Å². The maximum Gasteiger partial charge on any atom is 0.416 e. The van der Waals surface area contributed by atoms with Crippen molar-refractivity contribution >= 4 is 5.69 Å². The van der Waals surface area contributed by atoms with E-state index in [1.54, 1.807) is 6.07 Å². The van der Waals surface area contributed by atoms with Gasteiger partial charge in [-0.05, 0) is 24.3 Å². The van der Waals surface area contributed by atoms with E-state index in [0.29, 0.717) is 44.0 Å². The number of piperazine rings is 1. The molecule has 1 heterocycles. The molecule has 0 aromatic heterocycles. The quantitative estimate of drug-likeness (QED) is 0.757. The lowest BCUT2D eigenvalue weighted by molar-refractivity contribution is -0.137. The third-order valence-corrected chi connectivity index (χ3v) is 4.32. The molecule has 1 aliphatic rings. The van der Waals surface area contributed by atoms with Crippen LogP contribution in [0, 0.1) is 11.6 Å². The number of hydrogen-bond acceptors (Lipinski definition) is 2. The zero-order valence-corrected chi connectivity index (χ0v) is 13.4. The monoisotopic (exact) mass is 356 g/mol. The summed E-state index contributed by atoms with van der Waals surface area (Å²) in [5.74, 6) is -1.20. The fraction of sp³-hybridized carbons (Fsp3) is 0.333. The first kappa shape index (κ1) is 17.7. The molecule has 0 radical (unpaired) electrons. The van der Waals surface area contributed by atoms with Crippen molar-refractivity contribution in [1.29, 1.82) is 0 Å². The van der Waals surface area contributed by atoms with Crippen LogP contribution >= 0.6 is 0 Å². The van der Waals surface area contributed by atoms with Gasteiger partial charge in [-0.25, -0.2) is 8.78 Å². The Morgan fingerprint density at radius 3 is 2.24 bits per heavy atom. The first-order valence-electron chi connectivity index (χ1n) is 7.91. The van der Waals surface area contributed by atoms with Gasteiger partial charge in [-0.1, -0.05) is 12.1 Å². The molecule has 0 bridgehead atoms. The molecule has 0 aliphatic carbocycles. The summed E-state index contributed by atoms with van der Waals surface area (Å²) in [6.07, 6.45) is -4.36. The summed E-state index contributed by atoms with van der Waals surface area (Å²) in [5.41, 5.74) is 0.275. The summed E-state index contributed by atoms with van der Waals surface area (Å²) < 4.78 is 65.1. The van der Waals surface area contributed by atoms with Crippen LogP contribution in [0.15, 0.2) is 42.5 Å². The third-order valence-electron chi connectivity index (χ3n) is 4.32. The van der Waals surface area contributed by atoms with Crippen LogP contribution in [0.25, 0.3) is 0 Å². The first-order chi connectivity index (χ1) is 11.8. The minimum atomic E-state index is -4.36. The Kier molecular flexibility index (Phi) is 4.94. The zero-order chi connectivity index (χ0) is 18.0. The van der Waals surface area contributed by atoms with Crippen molar-refractivity contribution in [3.63, 3.8) is 0 Å². The topological polar surface area (TPSA) is 6.48 Å². The van der Waals surface area contributed by atoms with Gasteiger partial charge in [0.2, 0.25) is 0 Å². The molecule has 7 heteroatoms. The second kappa shape index (κ2) is 7.00. The number of hydrogen-bond donors (Lipinski definition) is 0. The molecule has 0 saturated carbocycles. The molecule has 2 aromatic rings. The second-order valence-corrected chi connectivity index (χ2v) is 6.05. The van der Waals surface area contributed by atoms with E-state index in [9.17, 15) is 22.0 Å². The Bertz CT molecular complexity index is 736. The van der Waals surface area contributed by atoms with Gasteiger partial charge in [-0.3, -0.25) is 4.90 Å². The number of nitrogens with zero attached hydrogens (tertiary/aromatic N) is 2. The highest BCUT2D eigenvalue weighted by Gasteiger charge is 2.31. The van der Waals surface area contributed by atoms with Crippen LogP contribution in [0.3, 0.4) is 0 Å². The van der Waals surface area contributed by atoms with Gasteiger partial charge in [0, 0.05) is 50.0 Å². The van der Waals surface area contributed by atoms with Gasteiger partial charge >= 0.3 is 6.18 Å². The Morgan fingerprint density at radius 2 is 1.60 bits per heavy atom. The van der Waals surface area contributed by atoms with Crippen molar-refractivity contribution in [2.24, 2.45) is 0 Å². The molecule has 0 N–H and O–H groups in total. The Hall–Kier alpha value is -2.15. The van der Waals surface area contributed by atoms with Gasteiger partial charge in [0.1, 0.15) is 11.6 Å². The molecular formula is C18H17F5N2. The summed E-state index contributed by atoms with van der Waals surface area (Å²) in [6.45, 7) is 2.62. The molecule has 3 rings (SSSR count). The van der Waals surface area contributed by atoms with E-state index in [2.05, 4.69) is 0 Å². The lowest BCUT2D eigenvalue weighted by Crippen LogP contribution is -2.46. The maximum atomic E-state index is 13.7. The van der Waals surface area contributed by atoms with E-state index in [0.717, 1.165) is 18.2 Å². The summed E-state index contributed by atoms with van der Waals surface area (Å²) in [6, 6.07) is 8.75. The van der Waals surface area contributed by atoms with Crippen LogP contribution in [0.5, 0.6) is 0 Å². The number of alkyl halides is 3. The highest BCUT2D eigenvalue weighted by atomic mass is 19.4. The minimum Gasteiger partial charge on any atom is -0.369 e. The molecule has 2 aromatic carbocycles. The molecule has 1 saturated heterocycles.